The number of allylic oxidation sites excluding steroid dienone is 1. The van der Waals surface area contributed by atoms with E-state index in [1.165, 1.54) is 0 Å². The summed E-state index contributed by atoms with van der Waals surface area (Å²) in [5, 5.41) is 0. The van der Waals surface area contributed by atoms with Crippen molar-refractivity contribution in [3.63, 3.8) is 0 Å². The highest BCUT2D eigenvalue weighted by Gasteiger charge is 2.06. The topological polar surface area (TPSA) is 45.8 Å². The van der Waals surface area contributed by atoms with Crippen LogP contribution in [0.2, 0.25) is 0 Å². The maximum Gasteiger partial charge on any atom is 0.254 e. The van der Waals surface area contributed by atoms with Crippen LogP contribution >= 0.6 is 11.6 Å². The van der Waals surface area contributed by atoms with Gasteiger partial charge in [-0.3, -0.25) is 4.79 Å². The molecule has 1 heterocycles. The zero-order chi connectivity index (χ0) is 10.0. The fourth-order valence-corrected chi connectivity index (χ4v) is 1.18. The summed E-state index contributed by atoms with van der Waals surface area (Å²) >= 11 is 5.57. The molecule has 0 aliphatic heterocycles. The van der Waals surface area contributed by atoms with Gasteiger partial charge in [-0.25, -0.2) is 4.98 Å². The van der Waals surface area contributed by atoms with Gasteiger partial charge in [-0.05, 0) is 19.4 Å². The van der Waals surface area contributed by atoms with Gasteiger partial charge in [0, 0.05) is 5.56 Å². The summed E-state index contributed by atoms with van der Waals surface area (Å²) in [6.45, 7) is 7.27. The Morgan fingerprint density at radius 3 is 2.77 bits per heavy atom. The number of alkyl halides is 1. The van der Waals surface area contributed by atoms with Crippen molar-refractivity contribution in [2.24, 2.45) is 0 Å². The van der Waals surface area contributed by atoms with Crippen LogP contribution in [-0.2, 0) is 5.88 Å². The van der Waals surface area contributed by atoms with Crippen molar-refractivity contribution in [1.29, 1.82) is 0 Å². The third kappa shape index (κ3) is 1.98. The van der Waals surface area contributed by atoms with Gasteiger partial charge in [-0.1, -0.05) is 6.58 Å². The van der Waals surface area contributed by atoms with Crippen molar-refractivity contribution in [3.8, 4) is 0 Å². The van der Waals surface area contributed by atoms with Crippen molar-refractivity contribution in [2.45, 2.75) is 19.7 Å². The summed E-state index contributed by atoms with van der Waals surface area (Å²) in [7, 11) is 0. The quantitative estimate of drug-likeness (QED) is 0.738. The zero-order valence-corrected chi connectivity index (χ0v) is 8.40. The van der Waals surface area contributed by atoms with Crippen LogP contribution in [0, 0.1) is 6.92 Å². The minimum Gasteiger partial charge on any atom is -0.309 e. The lowest BCUT2D eigenvalue weighted by molar-refractivity contribution is 0.961. The van der Waals surface area contributed by atoms with E-state index in [0.717, 1.165) is 5.57 Å². The first-order valence-corrected chi connectivity index (χ1v) is 4.41. The molecule has 0 aromatic carbocycles. The number of halogens is 1. The van der Waals surface area contributed by atoms with Crippen molar-refractivity contribution in [3.05, 3.63) is 34.0 Å². The molecule has 0 saturated heterocycles. The minimum absolute atomic E-state index is 0.149. The van der Waals surface area contributed by atoms with Crippen LogP contribution < -0.4 is 5.56 Å². The highest BCUT2D eigenvalue weighted by atomic mass is 35.5. The van der Waals surface area contributed by atoms with Crippen LogP contribution in [0.3, 0.4) is 0 Å². The summed E-state index contributed by atoms with van der Waals surface area (Å²) in [5.74, 6) is 0.686. The molecular weight excluding hydrogens is 188 g/mol. The normalized spacial score (nSPS) is 10.1. The highest BCUT2D eigenvalue weighted by Crippen LogP contribution is 2.10. The molecule has 0 radical (unpaired) electrons. The highest BCUT2D eigenvalue weighted by molar-refractivity contribution is 6.16. The Bertz CT molecular complexity index is 395. The van der Waals surface area contributed by atoms with Crippen LogP contribution in [-0.4, -0.2) is 9.97 Å². The predicted molar refractivity (Wildman–Crippen MR) is 53.9 cm³/mol. The molecule has 0 amide bonds. The van der Waals surface area contributed by atoms with E-state index in [1.54, 1.807) is 6.92 Å². The molecule has 3 nitrogen and oxygen atoms in total. The molecule has 0 saturated carbocycles. The molecule has 1 aromatic rings. The molecule has 0 bridgehead atoms. The van der Waals surface area contributed by atoms with Gasteiger partial charge in [0.05, 0.1) is 11.6 Å². The third-order valence-electron chi connectivity index (χ3n) is 1.73. The van der Waals surface area contributed by atoms with Gasteiger partial charge in [0.2, 0.25) is 0 Å². The Morgan fingerprint density at radius 2 is 2.31 bits per heavy atom. The molecule has 1 rings (SSSR count). The van der Waals surface area contributed by atoms with Crippen LogP contribution in [0.5, 0.6) is 0 Å². The molecule has 13 heavy (non-hydrogen) atoms. The Balaban J connectivity index is 3.42. The Labute approximate surface area is 81.5 Å². The molecule has 0 spiro atoms. The van der Waals surface area contributed by atoms with Gasteiger partial charge in [-0.15, -0.1) is 11.6 Å². The van der Waals surface area contributed by atoms with Crippen LogP contribution in [0.15, 0.2) is 11.4 Å². The van der Waals surface area contributed by atoms with Crippen molar-refractivity contribution in [1.82, 2.24) is 9.97 Å². The molecule has 1 N–H and O–H groups in total. The lowest BCUT2D eigenvalue weighted by Crippen LogP contribution is -2.16. The molecule has 4 heteroatoms. The Kier molecular flexibility index (Phi) is 2.88. The van der Waals surface area contributed by atoms with Gasteiger partial charge < -0.3 is 4.98 Å². The fourth-order valence-electron chi connectivity index (χ4n) is 1.06. The summed E-state index contributed by atoms with van der Waals surface area (Å²) in [4.78, 5) is 18.1. The summed E-state index contributed by atoms with van der Waals surface area (Å²) in [5.41, 5.74) is 1.85. The summed E-state index contributed by atoms with van der Waals surface area (Å²) in [6, 6.07) is 0. The molecule has 0 aliphatic rings. The number of H-pyrrole nitrogens is 1. The van der Waals surface area contributed by atoms with Gasteiger partial charge >= 0.3 is 0 Å². The number of nitrogens with zero attached hydrogens (tertiary/aromatic N) is 1. The van der Waals surface area contributed by atoms with E-state index >= 15 is 0 Å². The minimum atomic E-state index is -0.149. The molecular formula is C9H11ClN2O. The smallest absolute Gasteiger partial charge is 0.254 e. The van der Waals surface area contributed by atoms with E-state index in [1.807, 2.05) is 6.92 Å². The average molecular weight is 199 g/mol. The number of aromatic nitrogens is 2. The first-order valence-electron chi connectivity index (χ1n) is 3.88. The second-order valence-corrected chi connectivity index (χ2v) is 3.17. The summed E-state index contributed by atoms with van der Waals surface area (Å²) < 4.78 is 0. The van der Waals surface area contributed by atoms with Crippen molar-refractivity contribution < 1.29 is 0 Å². The standard InChI is InChI=1S/C9H11ClN2O/c1-5(2)8-6(3)9(13)12-7(4-10)11-8/h1,4H2,2-3H3,(H,11,12,13). The Hall–Kier alpha value is -1.09. The first kappa shape index (κ1) is 9.99. The van der Waals surface area contributed by atoms with Crippen molar-refractivity contribution in [2.75, 3.05) is 0 Å². The Morgan fingerprint density at radius 1 is 1.69 bits per heavy atom. The second kappa shape index (κ2) is 3.75. The number of rotatable bonds is 2. The van der Waals surface area contributed by atoms with E-state index in [0.29, 0.717) is 17.1 Å². The van der Waals surface area contributed by atoms with Crippen LogP contribution in [0.1, 0.15) is 24.0 Å². The number of aromatic amines is 1. The molecule has 70 valence electrons. The van der Waals surface area contributed by atoms with Gasteiger partial charge in [0.25, 0.3) is 5.56 Å². The SMILES string of the molecule is C=C(C)c1nc(CCl)[nH]c(=O)c1C. The third-order valence-corrected chi connectivity index (χ3v) is 1.98. The number of nitrogens with one attached hydrogen (secondary N) is 1. The van der Waals surface area contributed by atoms with E-state index in [9.17, 15) is 4.79 Å². The second-order valence-electron chi connectivity index (χ2n) is 2.90. The molecule has 0 atom stereocenters. The van der Waals surface area contributed by atoms with Crippen LogP contribution in [0.25, 0.3) is 5.57 Å². The van der Waals surface area contributed by atoms with E-state index in [-0.39, 0.29) is 11.4 Å². The van der Waals surface area contributed by atoms with E-state index in [2.05, 4.69) is 16.5 Å². The van der Waals surface area contributed by atoms with E-state index < -0.39 is 0 Å². The van der Waals surface area contributed by atoms with Gasteiger partial charge in [0.1, 0.15) is 5.82 Å². The molecule has 0 unspecified atom stereocenters. The average Bonchev–Trinajstić information content (AvgIpc) is 2.09. The lowest BCUT2D eigenvalue weighted by atomic mass is 10.1. The van der Waals surface area contributed by atoms with Gasteiger partial charge in [0.15, 0.2) is 0 Å². The molecule has 0 fully saturated rings. The predicted octanol–water partition coefficient (Wildman–Crippen LogP) is 1.85. The lowest BCUT2D eigenvalue weighted by Gasteiger charge is -2.04. The summed E-state index contributed by atoms with van der Waals surface area (Å²) in [6.07, 6.45) is 0. The number of hydrogen-bond acceptors (Lipinski definition) is 2. The monoisotopic (exact) mass is 198 g/mol. The maximum atomic E-state index is 11.3. The maximum absolute atomic E-state index is 11.3. The fraction of sp³-hybridized carbons (Fsp3) is 0.333. The zero-order valence-electron chi connectivity index (χ0n) is 7.65. The largest absolute Gasteiger partial charge is 0.309 e. The van der Waals surface area contributed by atoms with E-state index in [4.69, 9.17) is 11.6 Å². The molecule has 0 aliphatic carbocycles. The number of hydrogen-bond donors (Lipinski definition) is 1. The van der Waals surface area contributed by atoms with Crippen LogP contribution in [0.4, 0.5) is 0 Å². The van der Waals surface area contributed by atoms with Gasteiger partial charge in [-0.2, -0.15) is 0 Å². The van der Waals surface area contributed by atoms with Crippen molar-refractivity contribution >= 4 is 17.2 Å². The first-order chi connectivity index (χ1) is 6.06. The molecule has 1 aromatic heterocycles.